The van der Waals surface area contributed by atoms with Crippen molar-refractivity contribution in [2.24, 2.45) is 7.05 Å². The second-order valence-corrected chi connectivity index (χ2v) is 5.83. The molecule has 0 radical (unpaired) electrons. The van der Waals surface area contributed by atoms with E-state index in [2.05, 4.69) is 21.5 Å². The molecule has 0 amide bonds. The van der Waals surface area contributed by atoms with E-state index in [0.29, 0.717) is 0 Å². The van der Waals surface area contributed by atoms with Gasteiger partial charge in [0.2, 0.25) is 0 Å². The third-order valence-electron chi connectivity index (χ3n) is 3.82. The van der Waals surface area contributed by atoms with Crippen LogP contribution in [-0.4, -0.2) is 21.3 Å². The molecule has 0 spiro atoms. The SMILES string of the molecule is Cn1nccc1CCN[C@@H](c1cccc(Cl)c1)c1ccccn1. The normalized spacial score (nSPS) is 12.3. The number of rotatable bonds is 6. The minimum atomic E-state index is 0.0168. The van der Waals surface area contributed by atoms with E-state index in [9.17, 15) is 0 Å². The predicted molar refractivity (Wildman–Crippen MR) is 92.4 cm³/mol. The third kappa shape index (κ3) is 3.97. The molecule has 0 saturated heterocycles. The Morgan fingerprint density at radius 1 is 1.13 bits per heavy atom. The zero-order valence-electron chi connectivity index (χ0n) is 13.0. The zero-order valence-corrected chi connectivity index (χ0v) is 13.7. The van der Waals surface area contributed by atoms with Crippen molar-refractivity contribution >= 4 is 11.6 Å². The molecule has 5 heteroatoms. The van der Waals surface area contributed by atoms with Crippen molar-refractivity contribution in [3.8, 4) is 0 Å². The number of aromatic nitrogens is 3. The van der Waals surface area contributed by atoms with Crippen LogP contribution in [0, 0.1) is 0 Å². The molecule has 0 bridgehead atoms. The van der Waals surface area contributed by atoms with Crippen molar-refractivity contribution < 1.29 is 0 Å². The molecule has 1 aromatic carbocycles. The van der Waals surface area contributed by atoms with Crippen molar-refractivity contribution in [1.29, 1.82) is 0 Å². The molecular weight excluding hydrogens is 308 g/mol. The molecule has 0 fully saturated rings. The molecule has 0 saturated carbocycles. The molecule has 0 unspecified atom stereocenters. The van der Waals surface area contributed by atoms with Crippen LogP contribution in [0.5, 0.6) is 0 Å². The minimum absolute atomic E-state index is 0.0168. The number of nitrogens with zero attached hydrogens (tertiary/aromatic N) is 3. The standard InChI is InChI=1S/C18H19ClN4/c1-23-16(9-12-22-23)8-11-21-18(17-7-2-3-10-20-17)14-5-4-6-15(19)13-14/h2-7,9-10,12-13,18,21H,8,11H2,1H3/t18-/m0/s1. The van der Waals surface area contributed by atoms with E-state index in [-0.39, 0.29) is 6.04 Å². The highest BCUT2D eigenvalue weighted by Gasteiger charge is 2.15. The average molecular weight is 327 g/mol. The lowest BCUT2D eigenvalue weighted by Gasteiger charge is -2.19. The van der Waals surface area contributed by atoms with E-state index < -0.39 is 0 Å². The molecular formula is C18H19ClN4. The van der Waals surface area contributed by atoms with E-state index in [1.807, 2.05) is 66.6 Å². The van der Waals surface area contributed by atoms with E-state index in [4.69, 9.17) is 11.6 Å². The first kappa shape index (κ1) is 15.7. The number of nitrogens with one attached hydrogen (secondary N) is 1. The summed E-state index contributed by atoms with van der Waals surface area (Å²) in [6.45, 7) is 0.827. The summed E-state index contributed by atoms with van der Waals surface area (Å²) in [6.07, 6.45) is 4.54. The number of halogens is 1. The molecule has 1 N–H and O–H groups in total. The number of pyridine rings is 1. The van der Waals surface area contributed by atoms with Crippen LogP contribution < -0.4 is 5.32 Å². The number of hydrogen-bond donors (Lipinski definition) is 1. The fourth-order valence-electron chi connectivity index (χ4n) is 2.62. The number of benzene rings is 1. The van der Waals surface area contributed by atoms with Gasteiger partial charge in [-0.3, -0.25) is 9.67 Å². The van der Waals surface area contributed by atoms with Gasteiger partial charge in [-0.25, -0.2) is 0 Å². The molecule has 1 atom stereocenters. The highest BCUT2D eigenvalue weighted by atomic mass is 35.5. The monoisotopic (exact) mass is 326 g/mol. The summed E-state index contributed by atoms with van der Waals surface area (Å²) in [6, 6.07) is 15.9. The highest BCUT2D eigenvalue weighted by Crippen LogP contribution is 2.23. The Morgan fingerprint density at radius 3 is 2.74 bits per heavy atom. The van der Waals surface area contributed by atoms with E-state index in [0.717, 1.165) is 29.2 Å². The summed E-state index contributed by atoms with van der Waals surface area (Å²) in [5.74, 6) is 0. The molecule has 3 rings (SSSR count). The first-order valence-corrected chi connectivity index (χ1v) is 7.98. The lowest BCUT2D eigenvalue weighted by Crippen LogP contribution is -2.26. The van der Waals surface area contributed by atoms with E-state index >= 15 is 0 Å². The third-order valence-corrected chi connectivity index (χ3v) is 4.05. The Hall–Kier alpha value is -2.17. The minimum Gasteiger partial charge on any atom is -0.305 e. The fraction of sp³-hybridized carbons (Fsp3) is 0.222. The lowest BCUT2D eigenvalue weighted by molar-refractivity contribution is 0.578. The Morgan fingerprint density at radius 2 is 2.04 bits per heavy atom. The molecule has 3 aromatic rings. The highest BCUT2D eigenvalue weighted by molar-refractivity contribution is 6.30. The van der Waals surface area contributed by atoms with Crippen LogP contribution in [0.3, 0.4) is 0 Å². The van der Waals surface area contributed by atoms with Gasteiger partial charge in [0.05, 0.1) is 11.7 Å². The van der Waals surface area contributed by atoms with Crippen LogP contribution in [0.2, 0.25) is 5.02 Å². The van der Waals surface area contributed by atoms with Gasteiger partial charge < -0.3 is 5.32 Å². The van der Waals surface area contributed by atoms with Crippen LogP contribution in [-0.2, 0) is 13.5 Å². The Kier molecular flexibility index (Phi) is 5.05. The molecule has 118 valence electrons. The second kappa shape index (κ2) is 7.40. The van der Waals surface area contributed by atoms with Crippen LogP contribution in [0.15, 0.2) is 60.9 Å². The largest absolute Gasteiger partial charge is 0.305 e. The van der Waals surface area contributed by atoms with Crippen molar-refractivity contribution in [2.45, 2.75) is 12.5 Å². The van der Waals surface area contributed by atoms with Gasteiger partial charge in [0.1, 0.15) is 0 Å². The zero-order chi connectivity index (χ0) is 16.1. The molecule has 0 aliphatic rings. The lowest BCUT2D eigenvalue weighted by atomic mass is 10.0. The Balaban J connectivity index is 1.77. The van der Waals surface area contributed by atoms with Crippen molar-refractivity contribution in [3.05, 3.63) is 82.9 Å². The van der Waals surface area contributed by atoms with Crippen LogP contribution in [0.4, 0.5) is 0 Å². The summed E-state index contributed by atoms with van der Waals surface area (Å²) in [4.78, 5) is 4.50. The number of hydrogen-bond acceptors (Lipinski definition) is 3. The molecule has 4 nitrogen and oxygen atoms in total. The molecule has 2 heterocycles. The smallest absolute Gasteiger partial charge is 0.0752 e. The Bertz CT molecular complexity index is 754. The van der Waals surface area contributed by atoms with Gasteiger partial charge >= 0.3 is 0 Å². The maximum absolute atomic E-state index is 6.15. The summed E-state index contributed by atoms with van der Waals surface area (Å²) in [5.41, 5.74) is 3.30. The van der Waals surface area contributed by atoms with Crippen molar-refractivity contribution in [3.63, 3.8) is 0 Å². The average Bonchev–Trinajstić information content (AvgIpc) is 2.97. The van der Waals surface area contributed by atoms with Gasteiger partial charge in [-0.05, 0) is 35.9 Å². The molecule has 0 aliphatic heterocycles. The van der Waals surface area contributed by atoms with Gasteiger partial charge in [-0.15, -0.1) is 0 Å². The van der Waals surface area contributed by atoms with Gasteiger partial charge in [-0.1, -0.05) is 29.8 Å². The van der Waals surface area contributed by atoms with Crippen molar-refractivity contribution in [1.82, 2.24) is 20.1 Å². The summed E-state index contributed by atoms with van der Waals surface area (Å²) in [7, 11) is 1.96. The van der Waals surface area contributed by atoms with E-state index in [1.165, 1.54) is 5.69 Å². The summed E-state index contributed by atoms with van der Waals surface area (Å²) in [5, 5.41) is 8.52. The molecule has 23 heavy (non-hydrogen) atoms. The van der Waals surface area contributed by atoms with Crippen molar-refractivity contribution in [2.75, 3.05) is 6.54 Å². The predicted octanol–water partition coefficient (Wildman–Crippen LogP) is 3.39. The van der Waals surface area contributed by atoms with E-state index in [1.54, 1.807) is 0 Å². The van der Waals surface area contributed by atoms with Gasteiger partial charge in [0, 0.05) is 43.1 Å². The van der Waals surface area contributed by atoms with Gasteiger partial charge in [-0.2, -0.15) is 5.10 Å². The maximum Gasteiger partial charge on any atom is 0.0752 e. The first-order chi connectivity index (χ1) is 11.2. The first-order valence-electron chi connectivity index (χ1n) is 7.60. The Labute approximate surface area is 141 Å². The quantitative estimate of drug-likeness (QED) is 0.755. The second-order valence-electron chi connectivity index (χ2n) is 5.39. The van der Waals surface area contributed by atoms with Crippen LogP contribution >= 0.6 is 11.6 Å². The topological polar surface area (TPSA) is 42.7 Å². The molecule has 0 aliphatic carbocycles. The maximum atomic E-state index is 6.15. The van der Waals surface area contributed by atoms with Gasteiger partial charge in [0.15, 0.2) is 0 Å². The van der Waals surface area contributed by atoms with Crippen LogP contribution in [0.25, 0.3) is 0 Å². The fourth-order valence-corrected chi connectivity index (χ4v) is 2.82. The summed E-state index contributed by atoms with van der Waals surface area (Å²) < 4.78 is 1.90. The van der Waals surface area contributed by atoms with Crippen LogP contribution in [0.1, 0.15) is 23.0 Å². The number of aryl methyl sites for hydroxylation is 1. The van der Waals surface area contributed by atoms with Gasteiger partial charge in [0.25, 0.3) is 0 Å². The molecule has 2 aromatic heterocycles. The summed E-state index contributed by atoms with van der Waals surface area (Å²) >= 11 is 6.15.